The van der Waals surface area contributed by atoms with Crippen molar-refractivity contribution < 1.29 is 4.57 Å². The summed E-state index contributed by atoms with van der Waals surface area (Å²) in [7, 11) is 0. The monoisotopic (exact) mass is 566 g/mol. The van der Waals surface area contributed by atoms with Gasteiger partial charge in [-0.1, -0.05) is 185 Å². The standard InChI is InChI=1S/C39H68N2/c1-3-5-7-9-11-13-15-16-18-20-22-27-33-38(32-26-21-19-17-14-12-10-8-6-4-2)39-40-34-36-41(39)35-28-31-37-29-24-23-25-30-37/h23-25,29-30,34,36,38H,3-22,26-28,31-33,35H2,1-2H3/p+1/t38-/m0/s1. The molecule has 0 aliphatic rings. The molecule has 0 radical (unpaired) electrons. The Labute approximate surface area is 256 Å². The van der Waals surface area contributed by atoms with E-state index in [1.807, 2.05) is 0 Å². The van der Waals surface area contributed by atoms with Crippen molar-refractivity contribution in [3.05, 3.63) is 54.1 Å². The first-order valence-corrected chi connectivity index (χ1v) is 18.5. The molecule has 0 aliphatic heterocycles. The van der Waals surface area contributed by atoms with Gasteiger partial charge >= 0.3 is 0 Å². The van der Waals surface area contributed by atoms with Gasteiger partial charge in [0.25, 0.3) is 5.82 Å². The highest BCUT2D eigenvalue weighted by molar-refractivity contribution is 5.14. The Morgan fingerprint density at radius 1 is 0.537 bits per heavy atom. The fraction of sp³-hybridized carbons (Fsp3) is 0.769. The Kier molecular flexibility index (Phi) is 22.7. The van der Waals surface area contributed by atoms with Gasteiger partial charge in [-0.3, -0.25) is 0 Å². The van der Waals surface area contributed by atoms with Crippen LogP contribution < -0.4 is 4.57 Å². The molecule has 1 atom stereocenters. The maximum Gasteiger partial charge on any atom is 0.257 e. The molecular weight excluding hydrogens is 496 g/mol. The lowest BCUT2D eigenvalue weighted by molar-refractivity contribution is -0.704. The molecule has 234 valence electrons. The second kappa shape index (κ2) is 26.1. The zero-order chi connectivity index (χ0) is 29.1. The van der Waals surface area contributed by atoms with Crippen LogP contribution in [0.1, 0.15) is 192 Å². The van der Waals surface area contributed by atoms with Gasteiger partial charge in [0.15, 0.2) is 0 Å². The highest BCUT2D eigenvalue weighted by atomic mass is 15.1. The average molecular weight is 566 g/mol. The van der Waals surface area contributed by atoms with Gasteiger partial charge in [0.05, 0.1) is 12.5 Å². The predicted octanol–water partition coefficient (Wildman–Crippen LogP) is 12.4. The Bertz CT molecular complexity index is 795. The van der Waals surface area contributed by atoms with Crippen molar-refractivity contribution in [2.75, 3.05) is 0 Å². The summed E-state index contributed by atoms with van der Waals surface area (Å²) in [4.78, 5) is 3.70. The van der Waals surface area contributed by atoms with Crippen molar-refractivity contribution in [2.24, 2.45) is 0 Å². The molecule has 41 heavy (non-hydrogen) atoms. The number of hydrogen-bond donors (Lipinski definition) is 1. The van der Waals surface area contributed by atoms with Gasteiger partial charge in [-0.25, -0.2) is 9.55 Å². The molecule has 0 bridgehead atoms. The minimum atomic E-state index is 0.693. The molecule has 0 saturated carbocycles. The number of aromatic amines is 1. The smallest absolute Gasteiger partial charge is 0.247 e. The van der Waals surface area contributed by atoms with Crippen molar-refractivity contribution >= 4 is 0 Å². The van der Waals surface area contributed by atoms with E-state index in [1.165, 1.54) is 178 Å². The first-order valence-electron chi connectivity index (χ1n) is 18.5. The molecule has 1 heterocycles. The van der Waals surface area contributed by atoms with Crippen LogP contribution in [0.2, 0.25) is 0 Å². The zero-order valence-corrected chi connectivity index (χ0v) is 27.7. The molecule has 2 nitrogen and oxygen atoms in total. The number of hydrogen-bond acceptors (Lipinski definition) is 0. The number of imidazole rings is 1. The van der Waals surface area contributed by atoms with E-state index in [0.717, 1.165) is 6.54 Å². The van der Waals surface area contributed by atoms with E-state index in [1.54, 1.807) is 0 Å². The third-order valence-electron chi connectivity index (χ3n) is 9.20. The van der Waals surface area contributed by atoms with Gasteiger partial charge < -0.3 is 0 Å². The molecule has 0 saturated heterocycles. The van der Waals surface area contributed by atoms with Crippen LogP contribution in [0.4, 0.5) is 0 Å². The number of benzene rings is 1. The van der Waals surface area contributed by atoms with Gasteiger partial charge in [-0.05, 0) is 31.2 Å². The average Bonchev–Trinajstić information content (AvgIpc) is 3.46. The lowest BCUT2D eigenvalue weighted by atomic mass is 9.93. The lowest BCUT2D eigenvalue weighted by Gasteiger charge is -2.14. The molecule has 0 spiro atoms. The lowest BCUT2D eigenvalue weighted by Crippen LogP contribution is -2.37. The maximum absolute atomic E-state index is 3.70. The fourth-order valence-corrected chi connectivity index (χ4v) is 6.55. The normalized spacial score (nSPS) is 12.2. The zero-order valence-electron chi connectivity index (χ0n) is 27.7. The Balaban J connectivity index is 1.69. The van der Waals surface area contributed by atoms with Gasteiger partial charge in [-0.2, -0.15) is 0 Å². The summed E-state index contributed by atoms with van der Waals surface area (Å²) in [5, 5.41) is 0. The minimum Gasteiger partial charge on any atom is -0.247 e. The molecule has 2 heteroatoms. The van der Waals surface area contributed by atoms with Gasteiger partial charge in [-0.15, -0.1) is 0 Å². The quantitative estimate of drug-likeness (QED) is 0.0747. The van der Waals surface area contributed by atoms with Crippen LogP contribution in [0.3, 0.4) is 0 Å². The fourth-order valence-electron chi connectivity index (χ4n) is 6.55. The first kappa shape index (κ1) is 35.6. The summed E-state index contributed by atoms with van der Waals surface area (Å²) in [6.45, 7) is 5.74. The van der Waals surface area contributed by atoms with E-state index in [0.29, 0.717) is 5.92 Å². The van der Waals surface area contributed by atoms with Crippen molar-refractivity contribution in [3.63, 3.8) is 0 Å². The molecule has 1 aromatic carbocycles. The van der Waals surface area contributed by atoms with Crippen molar-refractivity contribution in [1.82, 2.24) is 4.98 Å². The summed E-state index contributed by atoms with van der Waals surface area (Å²) in [6.07, 6.45) is 41.0. The Hall–Kier alpha value is -1.57. The maximum atomic E-state index is 3.70. The number of aromatic nitrogens is 2. The van der Waals surface area contributed by atoms with E-state index < -0.39 is 0 Å². The highest BCUT2D eigenvalue weighted by Crippen LogP contribution is 2.26. The number of rotatable bonds is 29. The van der Waals surface area contributed by atoms with Crippen LogP contribution >= 0.6 is 0 Å². The van der Waals surface area contributed by atoms with Gasteiger partial charge in [0.2, 0.25) is 0 Å². The molecule has 1 aromatic heterocycles. The molecular formula is C39H69N2+. The summed E-state index contributed by atoms with van der Waals surface area (Å²) in [5.41, 5.74) is 1.46. The number of nitrogens with zero attached hydrogens (tertiary/aromatic N) is 1. The van der Waals surface area contributed by atoms with Crippen molar-refractivity contribution in [3.8, 4) is 0 Å². The van der Waals surface area contributed by atoms with Crippen molar-refractivity contribution in [1.29, 1.82) is 0 Å². The third kappa shape index (κ3) is 18.6. The summed E-state index contributed by atoms with van der Waals surface area (Å²) in [6, 6.07) is 11.0. The van der Waals surface area contributed by atoms with Crippen LogP contribution in [0, 0.1) is 0 Å². The van der Waals surface area contributed by atoms with E-state index in [4.69, 9.17) is 0 Å². The topological polar surface area (TPSA) is 19.7 Å². The van der Waals surface area contributed by atoms with Crippen LogP contribution in [-0.4, -0.2) is 4.98 Å². The number of nitrogens with one attached hydrogen (secondary N) is 1. The molecule has 1 N–H and O–H groups in total. The van der Waals surface area contributed by atoms with E-state index in [2.05, 4.69) is 66.1 Å². The van der Waals surface area contributed by atoms with Crippen LogP contribution in [0.15, 0.2) is 42.7 Å². The molecule has 0 unspecified atom stereocenters. The van der Waals surface area contributed by atoms with E-state index in [-0.39, 0.29) is 0 Å². The summed E-state index contributed by atoms with van der Waals surface area (Å²) < 4.78 is 2.55. The first-order chi connectivity index (χ1) is 20.3. The summed E-state index contributed by atoms with van der Waals surface area (Å²) in [5.74, 6) is 2.19. The molecule has 0 aliphatic carbocycles. The van der Waals surface area contributed by atoms with Gasteiger partial charge in [0.1, 0.15) is 12.4 Å². The third-order valence-corrected chi connectivity index (χ3v) is 9.20. The molecule has 0 fully saturated rings. The SMILES string of the molecule is CCCCCCCCCCCCCC[C@H](CCCCCCCCCCCC)c1[nH]cc[n+]1CCCc1ccccc1. The number of H-pyrrole nitrogens is 1. The molecule has 2 aromatic rings. The Morgan fingerprint density at radius 3 is 1.44 bits per heavy atom. The number of unbranched alkanes of at least 4 members (excludes halogenated alkanes) is 20. The largest absolute Gasteiger partial charge is 0.257 e. The second-order valence-corrected chi connectivity index (χ2v) is 13.0. The minimum absolute atomic E-state index is 0.693. The van der Waals surface area contributed by atoms with Crippen LogP contribution in [0.5, 0.6) is 0 Å². The van der Waals surface area contributed by atoms with Crippen molar-refractivity contribution in [2.45, 2.75) is 193 Å². The highest BCUT2D eigenvalue weighted by Gasteiger charge is 2.22. The van der Waals surface area contributed by atoms with Crippen LogP contribution in [0.25, 0.3) is 0 Å². The number of aryl methyl sites for hydroxylation is 2. The summed E-state index contributed by atoms with van der Waals surface area (Å²) >= 11 is 0. The van der Waals surface area contributed by atoms with Gasteiger partial charge in [0, 0.05) is 0 Å². The molecule has 0 amide bonds. The molecule has 2 rings (SSSR count). The van der Waals surface area contributed by atoms with E-state index >= 15 is 0 Å². The van der Waals surface area contributed by atoms with Crippen LogP contribution in [-0.2, 0) is 13.0 Å². The van der Waals surface area contributed by atoms with E-state index in [9.17, 15) is 0 Å². The Morgan fingerprint density at radius 2 is 0.976 bits per heavy atom. The predicted molar refractivity (Wildman–Crippen MR) is 181 cm³/mol. The second-order valence-electron chi connectivity index (χ2n) is 13.0.